The lowest BCUT2D eigenvalue weighted by molar-refractivity contribution is -0.135. The Kier molecular flexibility index (Phi) is 6.40. The van der Waals surface area contributed by atoms with Crippen LogP contribution in [0.3, 0.4) is 0 Å². The van der Waals surface area contributed by atoms with Crippen LogP contribution in [0.4, 0.5) is 5.69 Å². The molecule has 0 spiro atoms. The molecule has 0 N–H and O–H groups in total. The van der Waals surface area contributed by atoms with Crippen LogP contribution in [0.15, 0.2) is 103 Å². The van der Waals surface area contributed by atoms with E-state index < -0.39 is 23.9 Å². The molecular weight excluding hydrogens is 616 g/mol. The summed E-state index contributed by atoms with van der Waals surface area (Å²) in [5, 5.41) is 15.6. The molecule has 1 fully saturated rings. The summed E-state index contributed by atoms with van der Waals surface area (Å²) in [5.74, 6) is -1.27. The molecule has 3 aliphatic heterocycles. The third-order valence-corrected chi connectivity index (χ3v) is 7.77. The van der Waals surface area contributed by atoms with Crippen LogP contribution in [0.5, 0.6) is 0 Å². The molecule has 3 heterocycles. The number of hydrazone groups is 1. The van der Waals surface area contributed by atoms with Crippen molar-refractivity contribution in [2.75, 3.05) is 11.4 Å². The lowest BCUT2D eigenvalue weighted by Crippen LogP contribution is -2.44. The molecule has 11 heteroatoms. The third kappa shape index (κ3) is 4.35. The van der Waals surface area contributed by atoms with Gasteiger partial charge >= 0.3 is 0 Å². The first-order valence-electron chi connectivity index (χ1n) is 11.9. The van der Waals surface area contributed by atoms with Gasteiger partial charge in [-0.15, -0.1) is 0 Å². The first-order valence-corrected chi connectivity index (χ1v) is 13.5. The van der Waals surface area contributed by atoms with Crippen LogP contribution in [0.25, 0.3) is 0 Å². The SMILES string of the molecule is O=C1[C@@H]2[C@@H](N=NN2CC(=O)N2N=C(c3ccc(Br)cc3)C[C@@H]2c2ccccc2)C(=O)N1c1cccc(Br)c1. The highest BCUT2D eigenvalue weighted by Gasteiger charge is 2.55. The average Bonchev–Trinajstić information content (AvgIpc) is 3.60. The van der Waals surface area contributed by atoms with Crippen molar-refractivity contribution in [3.63, 3.8) is 0 Å². The Balaban J connectivity index is 1.26. The van der Waals surface area contributed by atoms with Gasteiger partial charge in [-0.3, -0.25) is 19.4 Å². The van der Waals surface area contributed by atoms with Crippen LogP contribution in [0, 0.1) is 0 Å². The van der Waals surface area contributed by atoms with Crippen molar-refractivity contribution in [1.29, 1.82) is 0 Å². The number of amides is 3. The molecule has 6 rings (SSSR count). The van der Waals surface area contributed by atoms with Gasteiger partial charge in [-0.2, -0.15) is 10.2 Å². The van der Waals surface area contributed by atoms with Gasteiger partial charge in [0.05, 0.1) is 17.4 Å². The van der Waals surface area contributed by atoms with Crippen molar-refractivity contribution in [3.05, 3.63) is 98.9 Å². The molecule has 3 aliphatic rings. The fourth-order valence-electron chi connectivity index (χ4n) is 4.93. The predicted octanol–water partition coefficient (Wildman–Crippen LogP) is 4.88. The molecule has 0 unspecified atom stereocenters. The third-order valence-electron chi connectivity index (χ3n) is 6.75. The fraction of sp³-hybridized carbons (Fsp3) is 0.185. The van der Waals surface area contributed by atoms with Crippen molar-refractivity contribution in [3.8, 4) is 0 Å². The summed E-state index contributed by atoms with van der Waals surface area (Å²) in [6, 6.07) is 22.1. The molecule has 0 radical (unpaired) electrons. The molecule has 38 heavy (non-hydrogen) atoms. The molecule has 3 aromatic carbocycles. The molecule has 3 atom stereocenters. The minimum absolute atomic E-state index is 0.240. The number of halogens is 2. The molecule has 0 aliphatic carbocycles. The summed E-state index contributed by atoms with van der Waals surface area (Å²) in [6.07, 6.45) is 0.541. The maximum atomic E-state index is 13.6. The molecule has 3 aromatic rings. The second kappa shape index (κ2) is 9.88. The molecule has 9 nitrogen and oxygen atoms in total. The van der Waals surface area contributed by atoms with E-state index in [0.29, 0.717) is 12.1 Å². The Labute approximate surface area is 235 Å². The van der Waals surface area contributed by atoms with E-state index in [4.69, 9.17) is 5.10 Å². The van der Waals surface area contributed by atoms with Crippen molar-refractivity contribution in [2.24, 2.45) is 15.4 Å². The molecule has 0 aromatic heterocycles. The van der Waals surface area contributed by atoms with Crippen LogP contribution in [-0.2, 0) is 14.4 Å². The lowest BCUT2D eigenvalue weighted by atomic mass is 9.98. The van der Waals surface area contributed by atoms with Gasteiger partial charge in [0, 0.05) is 15.4 Å². The summed E-state index contributed by atoms with van der Waals surface area (Å²) in [5.41, 5.74) is 3.10. The number of imide groups is 1. The van der Waals surface area contributed by atoms with Crippen molar-refractivity contribution < 1.29 is 14.4 Å². The Morgan fingerprint density at radius 2 is 1.66 bits per heavy atom. The number of nitrogens with zero attached hydrogens (tertiary/aromatic N) is 6. The van der Waals surface area contributed by atoms with E-state index in [1.54, 1.807) is 18.2 Å². The zero-order valence-electron chi connectivity index (χ0n) is 19.8. The van der Waals surface area contributed by atoms with Crippen LogP contribution < -0.4 is 4.90 Å². The van der Waals surface area contributed by atoms with E-state index in [2.05, 4.69) is 42.2 Å². The highest BCUT2D eigenvalue weighted by atomic mass is 79.9. The summed E-state index contributed by atoms with van der Waals surface area (Å²) in [4.78, 5) is 41.1. The Morgan fingerprint density at radius 3 is 2.39 bits per heavy atom. The van der Waals surface area contributed by atoms with Crippen molar-refractivity contribution in [2.45, 2.75) is 24.5 Å². The van der Waals surface area contributed by atoms with E-state index >= 15 is 0 Å². The second-order valence-electron chi connectivity index (χ2n) is 9.11. The standard InChI is InChI=1S/C27H20Br2N6O3/c28-18-11-9-16(10-12-18)21-14-22(17-5-2-1-3-6-17)35(31-21)23(36)15-33-25-24(30-32-33)26(37)34(27(25)38)20-8-4-7-19(29)13-20/h1-13,22,24-25H,14-15H2/t22-,24-,25+/m1/s1. The van der Waals surface area contributed by atoms with Gasteiger partial charge in [-0.05, 0) is 41.5 Å². The number of benzene rings is 3. The van der Waals surface area contributed by atoms with Gasteiger partial charge < -0.3 is 0 Å². The van der Waals surface area contributed by atoms with Crippen LogP contribution in [0.1, 0.15) is 23.6 Å². The van der Waals surface area contributed by atoms with E-state index in [1.807, 2.05) is 60.7 Å². The molecule has 0 bridgehead atoms. The quantitative estimate of drug-likeness (QED) is 0.373. The van der Waals surface area contributed by atoms with Crippen LogP contribution in [-0.4, -0.2) is 52.1 Å². The van der Waals surface area contributed by atoms with Gasteiger partial charge in [0.1, 0.15) is 6.54 Å². The Hall–Kier alpha value is -3.70. The smallest absolute Gasteiger partial charge is 0.264 e. The first-order chi connectivity index (χ1) is 18.4. The average molecular weight is 636 g/mol. The lowest BCUT2D eigenvalue weighted by Gasteiger charge is -2.25. The largest absolute Gasteiger partial charge is 0.271 e. The Bertz CT molecular complexity index is 1490. The predicted molar refractivity (Wildman–Crippen MR) is 147 cm³/mol. The van der Waals surface area contributed by atoms with Gasteiger partial charge in [0.25, 0.3) is 17.7 Å². The van der Waals surface area contributed by atoms with Gasteiger partial charge in [0.2, 0.25) is 0 Å². The number of rotatable bonds is 5. The van der Waals surface area contributed by atoms with Gasteiger partial charge in [-0.25, -0.2) is 9.91 Å². The van der Waals surface area contributed by atoms with Gasteiger partial charge in [-0.1, -0.05) is 85.6 Å². The molecule has 1 saturated heterocycles. The maximum Gasteiger partial charge on any atom is 0.264 e. The number of carbonyl (C=O) groups excluding carboxylic acids is 3. The summed E-state index contributed by atoms with van der Waals surface area (Å²) >= 11 is 6.83. The van der Waals surface area contributed by atoms with Crippen LogP contribution >= 0.6 is 31.9 Å². The molecular formula is C27H20Br2N6O3. The molecule has 0 saturated carbocycles. The Morgan fingerprint density at radius 1 is 0.895 bits per heavy atom. The minimum Gasteiger partial charge on any atom is -0.271 e. The van der Waals surface area contributed by atoms with E-state index in [9.17, 15) is 14.4 Å². The number of hydrogen-bond donors (Lipinski definition) is 0. The zero-order chi connectivity index (χ0) is 26.4. The topological polar surface area (TPSA) is 98.0 Å². The molecule has 3 amide bonds. The number of anilines is 1. The maximum absolute atomic E-state index is 13.6. The van der Waals surface area contributed by atoms with E-state index in [0.717, 1.165) is 30.7 Å². The summed E-state index contributed by atoms with van der Waals surface area (Å²) in [6.45, 7) is -0.240. The van der Waals surface area contributed by atoms with Crippen molar-refractivity contribution >= 4 is 61.0 Å². The summed E-state index contributed by atoms with van der Waals surface area (Å²) in [7, 11) is 0. The van der Waals surface area contributed by atoms with Crippen molar-refractivity contribution in [1.82, 2.24) is 10.0 Å². The van der Waals surface area contributed by atoms with Crippen LogP contribution in [0.2, 0.25) is 0 Å². The number of hydrogen-bond acceptors (Lipinski definition) is 7. The molecule has 190 valence electrons. The minimum atomic E-state index is -0.986. The summed E-state index contributed by atoms with van der Waals surface area (Å²) < 4.78 is 1.69. The highest BCUT2D eigenvalue weighted by molar-refractivity contribution is 9.10. The van der Waals surface area contributed by atoms with E-state index in [1.165, 1.54) is 10.0 Å². The zero-order valence-corrected chi connectivity index (χ0v) is 23.0. The monoisotopic (exact) mass is 634 g/mol. The first kappa shape index (κ1) is 24.6. The highest BCUT2D eigenvalue weighted by Crippen LogP contribution is 2.35. The fourth-order valence-corrected chi connectivity index (χ4v) is 5.58. The van der Waals surface area contributed by atoms with Gasteiger partial charge in [0.15, 0.2) is 12.1 Å². The normalized spacial score (nSPS) is 22.3. The number of fused-ring (bicyclic) bond motifs is 1. The van der Waals surface area contributed by atoms with E-state index in [-0.39, 0.29) is 18.5 Å². The second-order valence-corrected chi connectivity index (χ2v) is 10.9. The number of carbonyl (C=O) groups is 3.